The molecule has 0 atom stereocenters. The topological polar surface area (TPSA) is 49.9 Å². The molecule has 3 rings (SSSR count). The molecule has 0 unspecified atom stereocenters. The summed E-state index contributed by atoms with van der Waals surface area (Å²) in [5, 5.41) is 0. The van der Waals surface area contributed by atoms with Crippen LogP contribution in [-0.2, 0) is 14.3 Å². The number of hydrogen-bond donors (Lipinski definition) is 0. The van der Waals surface area contributed by atoms with E-state index in [-0.39, 0.29) is 11.8 Å². The molecule has 2 aliphatic rings. The predicted octanol–water partition coefficient (Wildman–Crippen LogP) is 4.59. The molecule has 1 aromatic carbocycles. The Labute approximate surface area is 183 Å². The van der Waals surface area contributed by atoms with Gasteiger partial charge in [-0.05, 0) is 31.0 Å². The van der Waals surface area contributed by atoms with Gasteiger partial charge in [-0.3, -0.25) is 14.5 Å². The van der Waals surface area contributed by atoms with E-state index in [0.717, 1.165) is 35.0 Å². The van der Waals surface area contributed by atoms with Crippen molar-refractivity contribution in [3.63, 3.8) is 0 Å². The predicted molar refractivity (Wildman–Crippen MR) is 121 cm³/mol. The number of amides is 2. The number of carbonyl (C=O) groups excluding carboxylic acids is 2. The van der Waals surface area contributed by atoms with E-state index >= 15 is 0 Å². The van der Waals surface area contributed by atoms with E-state index in [0.29, 0.717) is 40.9 Å². The van der Waals surface area contributed by atoms with Crippen LogP contribution in [0.3, 0.4) is 0 Å². The van der Waals surface area contributed by atoms with E-state index in [1.54, 1.807) is 16.9 Å². The van der Waals surface area contributed by atoms with Gasteiger partial charge in [0.2, 0.25) is 0 Å². The molecule has 0 aromatic heterocycles. The maximum absolute atomic E-state index is 13.3. The molecular weight excluding hydrogens is 460 g/mol. The van der Waals surface area contributed by atoms with Crippen molar-refractivity contribution in [2.24, 2.45) is 0 Å². The fourth-order valence-electron chi connectivity index (χ4n) is 3.37. The van der Waals surface area contributed by atoms with E-state index in [1.165, 1.54) is 11.8 Å². The van der Waals surface area contributed by atoms with Crippen LogP contribution >= 0.6 is 39.9 Å². The van der Waals surface area contributed by atoms with Gasteiger partial charge in [-0.15, -0.1) is 0 Å². The summed E-state index contributed by atoms with van der Waals surface area (Å²) in [6, 6.07) is 5.79. The van der Waals surface area contributed by atoms with Crippen molar-refractivity contribution in [1.82, 2.24) is 4.90 Å². The standard InChI is InChI=1S/C20H23BrN2O3S2/c1-3-4-5-9-22-15-8-7-13(21)12-14(15)16(18(22)24)17-19(25)23(20(27)28-17)10-6-11-26-2/h7-8,12H,3-6,9-11H2,1-2H3/b17-16-. The van der Waals surface area contributed by atoms with Crippen LogP contribution in [0, 0.1) is 0 Å². The number of rotatable bonds is 8. The molecule has 0 saturated carbocycles. The molecule has 2 amide bonds. The summed E-state index contributed by atoms with van der Waals surface area (Å²) in [7, 11) is 1.63. The maximum Gasteiger partial charge on any atom is 0.267 e. The fourth-order valence-corrected chi connectivity index (χ4v) is 5.12. The zero-order chi connectivity index (χ0) is 20.3. The van der Waals surface area contributed by atoms with Gasteiger partial charge in [-0.1, -0.05) is 59.7 Å². The van der Waals surface area contributed by atoms with Gasteiger partial charge >= 0.3 is 0 Å². The third-order valence-corrected chi connectivity index (χ3v) is 6.71. The van der Waals surface area contributed by atoms with Crippen molar-refractivity contribution in [2.45, 2.75) is 32.6 Å². The van der Waals surface area contributed by atoms with Crippen LogP contribution in [0.15, 0.2) is 27.6 Å². The largest absolute Gasteiger partial charge is 0.385 e. The van der Waals surface area contributed by atoms with Crippen molar-refractivity contribution in [3.8, 4) is 0 Å². The average Bonchev–Trinajstić information content (AvgIpc) is 3.09. The lowest BCUT2D eigenvalue weighted by molar-refractivity contribution is -0.122. The van der Waals surface area contributed by atoms with Gasteiger partial charge in [0.05, 0.1) is 16.2 Å². The summed E-state index contributed by atoms with van der Waals surface area (Å²) >= 11 is 10.1. The quantitative estimate of drug-likeness (QED) is 0.308. The van der Waals surface area contributed by atoms with E-state index in [9.17, 15) is 9.59 Å². The number of halogens is 1. The zero-order valence-corrected chi connectivity index (χ0v) is 19.2. The molecule has 150 valence electrons. The zero-order valence-electron chi connectivity index (χ0n) is 16.0. The number of carbonyl (C=O) groups is 2. The summed E-state index contributed by atoms with van der Waals surface area (Å²) in [6.45, 7) is 3.84. The summed E-state index contributed by atoms with van der Waals surface area (Å²) in [5.41, 5.74) is 2.14. The second-order valence-electron chi connectivity index (χ2n) is 6.70. The third-order valence-electron chi connectivity index (χ3n) is 4.77. The lowest BCUT2D eigenvalue weighted by Gasteiger charge is -2.17. The highest BCUT2D eigenvalue weighted by Gasteiger charge is 2.41. The highest BCUT2D eigenvalue weighted by Crippen LogP contribution is 2.45. The Morgan fingerprint density at radius 2 is 1.86 bits per heavy atom. The Morgan fingerprint density at radius 1 is 1.11 bits per heavy atom. The van der Waals surface area contributed by atoms with E-state index in [4.69, 9.17) is 17.0 Å². The van der Waals surface area contributed by atoms with Crippen LogP contribution in [0.5, 0.6) is 0 Å². The fraction of sp³-hybridized carbons (Fsp3) is 0.450. The van der Waals surface area contributed by atoms with Crippen molar-refractivity contribution in [2.75, 3.05) is 31.7 Å². The van der Waals surface area contributed by atoms with Gasteiger partial charge < -0.3 is 9.64 Å². The molecule has 0 spiro atoms. The number of nitrogens with zero attached hydrogens (tertiary/aromatic N) is 2. The first-order valence-corrected chi connectivity index (χ1v) is 11.4. The SMILES string of the molecule is CCCCCN1C(=O)/C(=C2\SC(=S)N(CCCOC)C2=O)c2cc(Br)ccc21. The minimum absolute atomic E-state index is 0.110. The first-order valence-electron chi connectivity index (χ1n) is 9.38. The molecule has 0 bridgehead atoms. The van der Waals surface area contributed by atoms with Gasteiger partial charge in [-0.25, -0.2) is 0 Å². The highest BCUT2D eigenvalue weighted by atomic mass is 79.9. The first kappa shape index (κ1) is 21.5. The maximum atomic E-state index is 13.3. The number of thioether (sulfide) groups is 1. The van der Waals surface area contributed by atoms with Crippen molar-refractivity contribution in [1.29, 1.82) is 0 Å². The molecular formula is C20H23BrN2O3S2. The van der Waals surface area contributed by atoms with Crippen molar-refractivity contribution >= 4 is 67.3 Å². The van der Waals surface area contributed by atoms with E-state index in [1.807, 2.05) is 18.2 Å². The van der Waals surface area contributed by atoms with Gasteiger partial charge in [0, 0.05) is 36.8 Å². The van der Waals surface area contributed by atoms with Crippen LogP contribution < -0.4 is 4.90 Å². The van der Waals surface area contributed by atoms with E-state index in [2.05, 4.69) is 22.9 Å². The number of methoxy groups -OCH3 is 1. The number of benzene rings is 1. The van der Waals surface area contributed by atoms with Gasteiger partial charge in [-0.2, -0.15) is 0 Å². The average molecular weight is 483 g/mol. The summed E-state index contributed by atoms with van der Waals surface area (Å²) in [4.78, 5) is 30.1. The number of unbranched alkanes of at least 4 members (excludes halogenated alkanes) is 2. The molecule has 8 heteroatoms. The summed E-state index contributed by atoms with van der Waals surface area (Å²) in [6.07, 6.45) is 3.78. The van der Waals surface area contributed by atoms with Gasteiger partial charge in [0.1, 0.15) is 4.32 Å². The molecule has 5 nitrogen and oxygen atoms in total. The number of fused-ring (bicyclic) bond motifs is 1. The Hall–Kier alpha value is -1.22. The monoisotopic (exact) mass is 482 g/mol. The number of hydrogen-bond acceptors (Lipinski definition) is 5. The molecule has 1 saturated heterocycles. The minimum atomic E-state index is -0.184. The Kier molecular flexibility index (Phi) is 7.31. The summed E-state index contributed by atoms with van der Waals surface area (Å²) in [5.74, 6) is -0.294. The Morgan fingerprint density at radius 3 is 2.57 bits per heavy atom. The lowest BCUT2D eigenvalue weighted by Crippen LogP contribution is -2.31. The second-order valence-corrected chi connectivity index (χ2v) is 9.26. The van der Waals surface area contributed by atoms with Crippen LogP contribution in [0.4, 0.5) is 5.69 Å². The van der Waals surface area contributed by atoms with Crippen LogP contribution in [-0.4, -0.2) is 47.8 Å². The molecule has 28 heavy (non-hydrogen) atoms. The number of ether oxygens (including phenoxy) is 1. The van der Waals surface area contributed by atoms with Crippen molar-refractivity contribution in [3.05, 3.63) is 33.1 Å². The molecule has 0 aliphatic carbocycles. The third kappa shape index (κ3) is 4.20. The number of anilines is 1. The molecule has 1 fully saturated rings. The molecule has 2 heterocycles. The van der Waals surface area contributed by atoms with Gasteiger partial charge in [0.25, 0.3) is 11.8 Å². The van der Waals surface area contributed by atoms with E-state index < -0.39 is 0 Å². The normalized spacial score (nSPS) is 19.2. The summed E-state index contributed by atoms with van der Waals surface area (Å²) < 4.78 is 6.45. The Bertz CT molecular complexity index is 841. The van der Waals surface area contributed by atoms with Crippen LogP contribution in [0.2, 0.25) is 0 Å². The molecule has 2 aliphatic heterocycles. The first-order chi connectivity index (χ1) is 13.5. The molecule has 0 N–H and O–H groups in total. The van der Waals surface area contributed by atoms with Crippen LogP contribution in [0.1, 0.15) is 38.2 Å². The van der Waals surface area contributed by atoms with Crippen LogP contribution in [0.25, 0.3) is 5.57 Å². The Balaban J connectivity index is 1.96. The highest BCUT2D eigenvalue weighted by molar-refractivity contribution is 9.10. The minimum Gasteiger partial charge on any atom is -0.385 e. The second kappa shape index (κ2) is 9.52. The number of thiocarbonyl (C=S) groups is 1. The molecule has 0 radical (unpaired) electrons. The molecule has 1 aromatic rings. The lowest BCUT2D eigenvalue weighted by atomic mass is 10.1. The smallest absolute Gasteiger partial charge is 0.267 e. The van der Waals surface area contributed by atoms with Gasteiger partial charge in [0.15, 0.2) is 0 Å². The van der Waals surface area contributed by atoms with Crippen molar-refractivity contribution < 1.29 is 14.3 Å².